The van der Waals surface area contributed by atoms with Gasteiger partial charge in [-0.05, 0) is 54.7 Å². The fraction of sp³-hybridized carbons (Fsp3) is 0.304. The van der Waals surface area contributed by atoms with Crippen molar-refractivity contribution in [3.8, 4) is 5.75 Å². The Hall–Kier alpha value is -2.72. The van der Waals surface area contributed by atoms with Crippen LogP contribution < -0.4 is 10.3 Å². The Bertz CT molecular complexity index is 1240. The number of pyridine rings is 1. The van der Waals surface area contributed by atoms with E-state index in [0.29, 0.717) is 28.4 Å². The second kappa shape index (κ2) is 9.64. The Morgan fingerprint density at radius 1 is 1.21 bits per heavy atom. The topological polar surface area (TPSA) is 74.7 Å². The number of hydrogen-bond acceptors (Lipinski definition) is 4. The largest absolute Gasteiger partial charge is 0.496 e. The number of ether oxygens (including phenoxy) is 1. The zero-order valence-electron chi connectivity index (χ0n) is 17.7. The fourth-order valence-corrected chi connectivity index (χ4v) is 3.94. The normalized spacial score (nSPS) is 15.0. The van der Waals surface area contributed by atoms with Crippen molar-refractivity contribution in [2.24, 2.45) is 4.99 Å². The standard InChI is InChI=1S/C23H21BrF4N2O3/c1-3-13(15-5-4-14(24)10-19(15)33-2)11-22(32,23(26,27)28)12-29-18-8-7-17(25)21-16(18)6-9-20(31)30-21/h4-10,12-13,32H,3,11H2,1-2H3,(H,30,31). The summed E-state index contributed by atoms with van der Waals surface area (Å²) in [6, 6.07) is 9.52. The summed E-state index contributed by atoms with van der Waals surface area (Å²) in [5, 5.41) is 10.8. The lowest BCUT2D eigenvalue weighted by atomic mass is 9.84. The van der Waals surface area contributed by atoms with Crippen LogP contribution in [-0.2, 0) is 0 Å². The molecular formula is C23H21BrF4N2O3. The Balaban J connectivity index is 2.04. The molecule has 2 atom stereocenters. The van der Waals surface area contributed by atoms with Crippen molar-refractivity contribution in [3.05, 3.63) is 68.7 Å². The van der Waals surface area contributed by atoms with Gasteiger partial charge in [0.1, 0.15) is 11.6 Å². The quantitative estimate of drug-likeness (QED) is 0.291. The van der Waals surface area contributed by atoms with Crippen LogP contribution in [0.4, 0.5) is 23.2 Å². The number of hydrogen-bond donors (Lipinski definition) is 2. The number of aromatic nitrogens is 1. The molecule has 0 aliphatic rings. The number of aliphatic hydroxyl groups is 1. The van der Waals surface area contributed by atoms with E-state index in [9.17, 15) is 27.5 Å². The molecule has 33 heavy (non-hydrogen) atoms. The van der Waals surface area contributed by atoms with Crippen LogP contribution in [0.15, 0.2) is 56.7 Å². The summed E-state index contributed by atoms with van der Waals surface area (Å²) in [4.78, 5) is 17.7. The lowest BCUT2D eigenvalue weighted by molar-refractivity contribution is -0.232. The molecule has 0 saturated carbocycles. The number of aliphatic imine (C=N–C) groups is 1. The molecule has 0 radical (unpaired) electrons. The second-order valence-corrected chi connectivity index (χ2v) is 8.47. The summed E-state index contributed by atoms with van der Waals surface area (Å²) >= 11 is 3.30. The van der Waals surface area contributed by atoms with E-state index in [4.69, 9.17) is 4.74 Å². The number of H-pyrrole nitrogens is 1. The minimum atomic E-state index is -5.03. The lowest BCUT2D eigenvalue weighted by Gasteiger charge is -2.31. The number of nitrogens with one attached hydrogen (secondary N) is 1. The van der Waals surface area contributed by atoms with Gasteiger partial charge in [0.25, 0.3) is 0 Å². The van der Waals surface area contributed by atoms with Crippen LogP contribution >= 0.6 is 15.9 Å². The van der Waals surface area contributed by atoms with Gasteiger partial charge in [-0.15, -0.1) is 0 Å². The van der Waals surface area contributed by atoms with Gasteiger partial charge in [-0.25, -0.2) is 4.39 Å². The third kappa shape index (κ3) is 5.27. The van der Waals surface area contributed by atoms with Crippen LogP contribution in [0.2, 0.25) is 0 Å². The zero-order chi connectivity index (χ0) is 24.4. The summed E-state index contributed by atoms with van der Waals surface area (Å²) in [6.45, 7) is 1.71. The van der Waals surface area contributed by atoms with Crippen molar-refractivity contribution in [2.45, 2.75) is 37.5 Å². The van der Waals surface area contributed by atoms with E-state index in [1.165, 1.54) is 19.2 Å². The summed E-state index contributed by atoms with van der Waals surface area (Å²) < 4.78 is 62.1. The molecule has 2 N–H and O–H groups in total. The third-order valence-electron chi connectivity index (χ3n) is 5.42. The molecule has 1 aromatic heterocycles. The summed E-state index contributed by atoms with van der Waals surface area (Å²) in [6.07, 6.45) is -5.01. The van der Waals surface area contributed by atoms with E-state index < -0.39 is 35.5 Å². The number of rotatable bonds is 7. The monoisotopic (exact) mass is 528 g/mol. The van der Waals surface area contributed by atoms with E-state index in [2.05, 4.69) is 25.9 Å². The van der Waals surface area contributed by atoms with Gasteiger partial charge in [-0.3, -0.25) is 9.79 Å². The van der Waals surface area contributed by atoms with Gasteiger partial charge in [0.15, 0.2) is 5.60 Å². The molecule has 5 nitrogen and oxygen atoms in total. The molecule has 0 fully saturated rings. The van der Waals surface area contributed by atoms with Crippen LogP contribution in [0.5, 0.6) is 5.75 Å². The predicted octanol–water partition coefficient (Wildman–Crippen LogP) is 6.02. The number of benzene rings is 2. The van der Waals surface area contributed by atoms with Gasteiger partial charge in [0.2, 0.25) is 5.56 Å². The Kier molecular flexibility index (Phi) is 7.28. The van der Waals surface area contributed by atoms with Crippen LogP contribution in [0, 0.1) is 5.82 Å². The molecule has 0 aliphatic carbocycles. The molecule has 1 heterocycles. The highest BCUT2D eigenvalue weighted by Gasteiger charge is 2.53. The van der Waals surface area contributed by atoms with Gasteiger partial charge >= 0.3 is 6.18 Å². The molecule has 10 heteroatoms. The third-order valence-corrected chi connectivity index (χ3v) is 5.91. The molecule has 0 amide bonds. The Morgan fingerprint density at radius 3 is 2.58 bits per heavy atom. The van der Waals surface area contributed by atoms with Gasteiger partial charge in [0, 0.05) is 22.1 Å². The summed E-state index contributed by atoms with van der Waals surface area (Å²) in [5.74, 6) is -1.06. The number of alkyl halides is 3. The zero-order valence-corrected chi connectivity index (χ0v) is 19.3. The molecular weight excluding hydrogens is 508 g/mol. The maximum atomic E-state index is 14.0. The molecule has 2 aromatic carbocycles. The van der Waals surface area contributed by atoms with E-state index in [1.807, 2.05) is 0 Å². The molecule has 0 aliphatic heterocycles. The summed E-state index contributed by atoms with van der Waals surface area (Å²) in [5.41, 5.74) is -3.53. The first kappa shape index (κ1) is 24.9. The minimum Gasteiger partial charge on any atom is -0.496 e. The van der Waals surface area contributed by atoms with E-state index in [1.54, 1.807) is 25.1 Å². The predicted molar refractivity (Wildman–Crippen MR) is 122 cm³/mol. The first-order chi connectivity index (χ1) is 15.5. The fourth-order valence-electron chi connectivity index (χ4n) is 3.60. The Labute approximate surface area is 195 Å². The van der Waals surface area contributed by atoms with Gasteiger partial charge in [-0.2, -0.15) is 13.2 Å². The van der Waals surface area contributed by atoms with Crippen LogP contribution in [0.1, 0.15) is 31.2 Å². The highest BCUT2D eigenvalue weighted by atomic mass is 79.9. The molecule has 0 saturated heterocycles. The smallest absolute Gasteiger partial charge is 0.422 e. The minimum absolute atomic E-state index is 0.0282. The van der Waals surface area contributed by atoms with Crippen molar-refractivity contribution >= 4 is 38.7 Å². The molecule has 3 aromatic rings. The maximum Gasteiger partial charge on any atom is 0.422 e. The van der Waals surface area contributed by atoms with Crippen molar-refractivity contribution < 1.29 is 27.4 Å². The molecule has 0 bridgehead atoms. The first-order valence-electron chi connectivity index (χ1n) is 9.98. The number of fused-ring (bicyclic) bond motifs is 1. The highest BCUT2D eigenvalue weighted by molar-refractivity contribution is 9.10. The van der Waals surface area contributed by atoms with E-state index in [0.717, 1.165) is 12.1 Å². The van der Waals surface area contributed by atoms with Crippen molar-refractivity contribution in [3.63, 3.8) is 0 Å². The molecule has 3 rings (SSSR count). The average molecular weight is 529 g/mol. The Morgan fingerprint density at radius 2 is 1.94 bits per heavy atom. The van der Waals surface area contributed by atoms with Crippen LogP contribution in [0.25, 0.3) is 10.9 Å². The number of halogens is 5. The number of nitrogens with zero attached hydrogens (tertiary/aromatic N) is 1. The van der Waals surface area contributed by atoms with Crippen molar-refractivity contribution in [1.29, 1.82) is 0 Å². The van der Waals surface area contributed by atoms with Crippen LogP contribution in [-0.4, -0.2) is 35.2 Å². The number of methoxy groups -OCH3 is 1. The maximum absolute atomic E-state index is 14.0. The molecule has 2 unspecified atom stereocenters. The second-order valence-electron chi connectivity index (χ2n) is 7.55. The SMILES string of the molecule is CCC(CC(O)(C=Nc1ccc(F)c2[nH]c(=O)ccc12)C(F)(F)F)c1ccc(Br)cc1OC. The van der Waals surface area contributed by atoms with Crippen LogP contribution in [0.3, 0.4) is 0 Å². The van der Waals surface area contributed by atoms with Gasteiger partial charge < -0.3 is 14.8 Å². The molecule has 176 valence electrons. The van der Waals surface area contributed by atoms with Gasteiger partial charge in [0.05, 0.1) is 18.3 Å². The highest BCUT2D eigenvalue weighted by Crippen LogP contribution is 2.42. The van der Waals surface area contributed by atoms with Gasteiger partial charge in [-0.1, -0.05) is 28.9 Å². The molecule has 0 spiro atoms. The van der Waals surface area contributed by atoms with Crippen molar-refractivity contribution in [2.75, 3.05) is 7.11 Å². The summed E-state index contributed by atoms with van der Waals surface area (Å²) in [7, 11) is 1.42. The lowest BCUT2D eigenvalue weighted by Crippen LogP contribution is -2.47. The number of aromatic amines is 1. The first-order valence-corrected chi connectivity index (χ1v) is 10.8. The van der Waals surface area contributed by atoms with Crippen molar-refractivity contribution in [1.82, 2.24) is 4.98 Å². The van der Waals surface area contributed by atoms with E-state index >= 15 is 0 Å². The van der Waals surface area contributed by atoms with E-state index in [-0.39, 0.29) is 16.6 Å². The average Bonchev–Trinajstić information content (AvgIpc) is 2.76.